The summed E-state index contributed by atoms with van der Waals surface area (Å²) in [5, 5.41) is 11.5. The summed E-state index contributed by atoms with van der Waals surface area (Å²) in [4.78, 5) is 16.4. The monoisotopic (exact) mass is 1030 g/mol. The van der Waals surface area contributed by atoms with Crippen LogP contribution in [0.3, 0.4) is 0 Å². The van der Waals surface area contributed by atoms with Crippen LogP contribution >= 0.6 is 16.1 Å². The summed E-state index contributed by atoms with van der Waals surface area (Å²) in [5.41, 5.74) is 0.775. The van der Waals surface area contributed by atoms with Gasteiger partial charge in [-0.3, -0.25) is 9.24 Å². The Morgan fingerprint density at radius 1 is 0.391 bits per heavy atom. The average Bonchev–Trinajstić information content (AvgIpc) is 3.36. The van der Waals surface area contributed by atoms with E-state index >= 15 is 4.79 Å². The molecule has 0 radical (unpaired) electrons. The predicted octanol–water partition coefficient (Wildman–Crippen LogP) is 15.4. The van der Waals surface area contributed by atoms with Gasteiger partial charge in [-0.1, -0.05) is 330 Å². The number of carbonyl (C=O) groups is 1. The van der Waals surface area contributed by atoms with Crippen molar-refractivity contribution in [2.24, 2.45) is 0 Å². The summed E-state index contributed by atoms with van der Waals surface area (Å²) in [5.74, 6) is 0.145. The third-order valence-electron chi connectivity index (χ3n) is 15.0. The first-order valence-corrected chi connectivity index (χ1v) is 42.4. The van der Waals surface area contributed by atoms with Crippen LogP contribution in [0.2, 0.25) is 75.5 Å². The van der Waals surface area contributed by atoms with E-state index in [2.05, 4.69) is 213 Å². The second-order valence-electron chi connectivity index (χ2n) is 22.4. The third-order valence-corrected chi connectivity index (χ3v) is 35.9. The van der Waals surface area contributed by atoms with Crippen molar-refractivity contribution in [3.05, 3.63) is 133 Å². The largest absolute Gasteiger partial charge is 0.280 e. The maximum absolute atomic E-state index is 16.4. The number of amides is 1. The SMILES string of the molecule is CCCC[Si](CCCC)(CCCC)c1ccc(P(c2ccccc2[Si](C)(C)C)N(C(=O)c2ccccc2)P(c2ccc([Si](CCCC)(CCCC)CCCC)cc2)c2ccccc2[Si](C)(C)C)cc1. The maximum atomic E-state index is 16.4. The van der Waals surface area contributed by atoms with E-state index in [1.54, 1.807) is 10.4 Å². The van der Waals surface area contributed by atoms with Crippen molar-refractivity contribution in [3.63, 3.8) is 0 Å². The molecule has 374 valence electrons. The lowest BCUT2D eigenvalue weighted by atomic mass is 10.2. The van der Waals surface area contributed by atoms with Crippen molar-refractivity contribution in [1.29, 1.82) is 0 Å². The number of nitrogens with zero attached hydrogens (tertiary/aromatic N) is 1. The molecule has 1 amide bonds. The number of carbonyl (C=O) groups excluding carboxylic acids is 1. The summed E-state index contributed by atoms with van der Waals surface area (Å²) in [6.45, 7) is 29.2. The van der Waals surface area contributed by atoms with Crippen LogP contribution in [0.1, 0.15) is 129 Å². The first-order chi connectivity index (χ1) is 33.1. The molecule has 0 N–H and O–H groups in total. The Kier molecular flexibility index (Phi) is 22.7. The van der Waals surface area contributed by atoms with Crippen LogP contribution in [-0.2, 0) is 0 Å². The first kappa shape index (κ1) is 57.2. The molecule has 0 saturated carbocycles. The maximum Gasteiger partial charge on any atom is 0.261 e. The summed E-state index contributed by atoms with van der Waals surface area (Å²) in [6, 6.07) is 57.7. The van der Waals surface area contributed by atoms with Crippen LogP contribution in [-0.4, -0.2) is 42.6 Å². The zero-order chi connectivity index (χ0) is 50.1. The zero-order valence-corrected chi connectivity index (χ0v) is 51.4. The molecule has 0 fully saturated rings. The van der Waals surface area contributed by atoms with Crippen LogP contribution < -0.4 is 42.0 Å². The predicted molar refractivity (Wildman–Crippen MR) is 326 cm³/mol. The van der Waals surface area contributed by atoms with Crippen molar-refractivity contribution < 1.29 is 4.79 Å². The van der Waals surface area contributed by atoms with Gasteiger partial charge in [-0.05, 0) is 12.1 Å². The summed E-state index contributed by atoms with van der Waals surface area (Å²) < 4.78 is 2.51. The Morgan fingerprint density at radius 2 is 0.681 bits per heavy atom. The first-order valence-electron chi connectivity index (χ1n) is 27.5. The molecular weight excluding hydrogens is 937 g/mol. The quantitative estimate of drug-likeness (QED) is 0.0345. The lowest BCUT2D eigenvalue weighted by molar-refractivity contribution is 0.0928. The zero-order valence-electron chi connectivity index (χ0n) is 45.6. The van der Waals surface area contributed by atoms with Gasteiger partial charge in [0, 0.05) is 26.8 Å². The topological polar surface area (TPSA) is 20.3 Å². The molecule has 5 rings (SSSR count). The smallest absolute Gasteiger partial charge is 0.261 e. The Balaban J connectivity index is 1.91. The van der Waals surface area contributed by atoms with Crippen molar-refractivity contribution >= 4 is 96.3 Å². The van der Waals surface area contributed by atoms with Gasteiger partial charge in [0.05, 0.1) is 48.4 Å². The van der Waals surface area contributed by atoms with Gasteiger partial charge in [0.25, 0.3) is 5.91 Å². The van der Waals surface area contributed by atoms with Crippen LogP contribution in [0, 0.1) is 0 Å². The minimum Gasteiger partial charge on any atom is -0.280 e. The third kappa shape index (κ3) is 14.7. The number of hydrogen-bond donors (Lipinski definition) is 0. The molecule has 2 unspecified atom stereocenters. The van der Waals surface area contributed by atoms with E-state index in [-0.39, 0.29) is 5.91 Å². The van der Waals surface area contributed by atoms with Gasteiger partial charge in [-0.15, -0.1) is 0 Å². The molecule has 0 aliphatic carbocycles. The van der Waals surface area contributed by atoms with E-state index in [1.165, 1.54) is 145 Å². The molecule has 0 saturated heterocycles. The van der Waals surface area contributed by atoms with Crippen molar-refractivity contribution in [3.8, 4) is 0 Å². The van der Waals surface area contributed by atoms with Crippen LogP contribution in [0.25, 0.3) is 0 Å². The van der Waals surface area contributed by atoms with Crippen molar-refractivity contribution in [1.82, 2.24) is 4.44 Å². The van der Waals surface area contributed by atoms with Crippen LogP contribution in [0.15, 0.2) is 127 Å². The van der Waals surface area contributed by atoms with Gasteiger partial charge in [0.15, 0.2) is 0 Å². The lowest BCUT2D eigenvalue weighted by Crippen LogP contribution is -2.51. The van der Waals surface area contributed by atoms with Crippen molar-refractivity contribution in [2.75, 3.05) is 0 Å². The lowest BCUT2D eigenvalue weighted by Gasteiger charge is -2.42. The van der Waals surface area contributed by atoms with E-state index in [9.17, 15) is 0 Å². The highest BCUT2D eigenvalue weighted by Crippen LogP contribution is 2.55. The molecule has 0 heterocycles. The van der Waals surface area contributed by atoms with E-state index in [4.69, 9.17) is 0 Å². The van der Waals surface area contributed by atoms with Gasteiger partial charge in [0.1, 0.15) is 0 Å². The molecular formula is C61H93NOP2Si4. The van der Waals surface area contributed by atoms with Gasteiger partial charge in [0.2, 0.25) is 0 Å². The average molecular weight is 1030 g/mol. The van der Waals surface area contributed by atoms with Crippen LogP contribution in [0.4, 0.5) is 0 Å². The van der Waals surface area contributed by atoms with Gasteiger partial charge >= 0.3 is 0 Å². The fourth-order valence-electron chi connectivity index (χ4n) is 10.9. The van der Waals surface area contributed by atoms with E-state index in [0.29, 0.717) is 0 Å². The minimum absolute atomic E-state index is 0.145. The van der Waals surface area contributed by atoms with E-state index in [0.717, 1.165) is 5.56 Å². The molecule has 0 aliphatic heterocycles. The van der Waals surface area contributed by atoms with E-state index in [1.807, 2.05) is 0 Å². The second kappa shape index (κ2) is 27.4. The summed E-state index contributed by atoms with van der Waals surface area (Å²) >= 11 is 0. The summed E-state index contributed by atoms with van der Waals surface area (Å²) in [6.07, 6.45) is 15.4. The Bertz CT molecular complexity index is 2110. The molecule has 2 nitrogen and oxygen atoms in total. The van der Waals surface area contributed by atoms with Gasteiger partial charge in [-0.2, -0.15) is 0 Å². The van der Waals surface area contributed by atoms with Crippen molar-refractivity contribution in [2.45, 2.75) is 194 Å². The highest BCUT2D eigenvalue weighted by molar-refractivity contribution is 7.86. The summed E-state index contributed by atoms with van der Waals surface area (Å²) in [7, 11) is -10.1. The van der Waals surface area contributed by atoms with Gasteiger partial charge in [-0.25, -0.2) is 0 Å². The van der Waals surface area contributed by atoms with E-state index < -0.39 is 48.4 Å². The van der Waals surface area contributed by atoms with Crippen LogP contribution in [0.5, 0.6) is 0 Å². The Hall–Kier alpha value is -2.70. The number of unbranched alkanes of at least 4 members (excludes halogenated alkanes) is 6. The fraction of sp³-hybridized carbons (Fsp3) is 0.492. The molecule has 2 atom stereocenters. The molecule has 0 bridgehead atoms. The highest BCUT2D eigenvalue weighted by atomic mass is 31.2. The molecule has 0 aliphatic rings. The molecule has 5 aromatic rings. The number of rotatable bonds is 29. The Morgan fingerprint density at radius 3 is 0.971 bits per heavy atom. The molecule has 0 aromatic heterocycles. The highest BCUT2D eigenvalue weighted by Gasteiger charge is 2.42. The standard InChI is InChI=1S/C61H93NOP2Si4/c1-13-19-46-68(47-20-14-2,48-21-15-3)55-42-38-53(39-43-55)64(57-34-28-30-36-59(57)66(7,8)9)62(61(63)52-32-26-25-27-33-52)65(58-35-29-31-37-60(58)67(10,11)12)54-40-44-56(45-41-54)69(49-22-16-4,50-23-17-5)51-24-18-6/h25-45H,13-24,46-51H2,1-12H3. The molecule has 5 aromatic carbocycles. The molecule has 69 heavy (non-hydrogen) atoms. The minimum atomic E-state index is -1.91. The molecule has 0 spiro atoms. The van der Waals surface area contributed by atoms with Gasteiger partial charge < -0.3 is 0 Å². The second-order valence-corrected chi connectivity index (χ2v) is 46.1. The Labute approximate surface area is 430 Å². The fourth-order valence-corrected chi connectivity index (χ4v) is 33.4. The normalized spacial score (nSPS) is 13.3. The number of hydrogen-bond acceptors (Lipinski definition) is 1. The molecule has 8 heteroatoms. The number of benzene rings is 5.